The molecule has 0 bridgehead atoms. The van der Waals surface area contributed by atoms with Crippen molar-refractivity contribution in [2.24, 2.45) is 5.41 Å². The zero-order valence-electron chi connectivity index (χ0n) is 11.7. The van der Waals surface area contributed by atoms with Gasteiger partial charge in [0.05, 0.1) is 5.69 Å². The van der Waals surface area contributed by atoms with Gasteiger partial charge in [0.2, 0.25) is 0 Å². The van der Waals surface area contributed by atoms with E-state index in [1.54, 1.807) is 25.1 Å². The van der Waals surface area contributed by atoms with Gasteiger partial charge in [0.25, 0.3) is 5.91 Å². The van der Waals surface area contributed by atoms with Crippen LogP contribution in [-0.2, 0) is 4.79 Å². The average molecular weight is 261 g/mol. The average Bonchev–Trinajstić information content (AvgIpc) is 2.38. The van der Waals surface area contributed by atoms with Gasteiger partial charge in [0, 0.05) is 11.0 Å². The molecule has 2 rings (SSSR count). The summed E-state index contributed by atoms with van der Waals surface area (Å²) >= 11 is 0. The normalized spacial score (nSPS) is 18.3. The molecular weight excluding hydrogens is 242 g/mol. The number of benzene rings is 1. The lowest BCUT2D eigenvalue weighted by Crippen LogP contribution is -2.34. The van der Waals surface area contributed by atoms with Crippen LogP contribution in [-0.4, -0.2) is 17.8 Å². The van der Waals surface area contributed by atoms with E-state index in [2.05, 4.69) is 5.32 Å². The smallest absolute Gasteiger partial charge is 0.265 e. The summed E-state index contributed by atoms with van der Waals surface area (Å²) in [4.78, 5) is 23.9. The second kappa shape index (κ2) is 4.68. The van der Waals surface area contributed by atoms with E-state index in [0.29, 0.717) is 17.0 Å². The topological polar surface area (TPSA) is 55.4 Å². The lowest BCUT2D eigenvalue weighted by molar-refractivity contribution is -0.122. The number of fused-ring (bicyclic) bond motifs is 1. The number of carbonyl (C=O) groups excluding carboxylic acids is 2. The number of carbonyl (C=O) groups is 2. The molecular formula is C15H19NO3. The molecule has 102 valence electrons. The minimum Gasteiger partial charge on any atom is -0.479 e. The summed E-state index contributed by atoms with van der Waals surface area (Å²) in [6.45, 7) is 7.53. The fourth-order valence-corrected chi connectivity index (χ4v) is 1.90. The van der Waals surface area contributed by atoms with Gasteiger partial charge in [-0.05, 0) is 31.5 Å². The summed E-state index contributed by atoms with van der Waals surface area (Å²) in [6.07, 6.45) is 0.268. The number of nitrogens with one attached hydrogen (secondary N) is 1. The monoisotopic (exact) mass is 261 g/mol. The van der Waals surface area contributed by atoms with Crippen LogP contribution in [0.1, 0.15) is 44.5 Å². The van der Waals surface area contributed by atoms with Gasteiger partial charge in [0.15, 0.2) is 11.9 Å². The molecule has 0 aliphatic carbocycles. The lowest BCUT2D eigenvalue weighted by atomic mass is 9.82. The quantitative estimate of drug-likeness (QED) is 0.851. The third kappa shape index (κ3) is 2.48. The minimum atomic E-state index is -0.499. The highest BCUT2D eigenvalue weighted by atomic mass is 16.5. The first kappa shape index (κ1) is 13.6. The van der Waals surface area contributed by atoms with Crippen LogP contribution in [0, 0.1) is 5.41 Å². The molecule has 0 saturated heterocycles. The van der Waals surface area contributed by atoms with Gasteiger partial charge < -0.3 is 10.1 Å². The molecule has 4 nitrogen and oxygen atoms in total. The summed E-state index contributed by atoms with van der Waals surface area (Å²) in [5.41, 5.74) is 0.769. The Hall–Kier alpha value is -1.84. The largest absolute Gasteiger partial charge is 0.479 e. The Morgan fingerprint density at radius 1 is 1.42 bits per heavy atom. The maximum atomic E-state index is 12.4. The Kier molecular flexibility index (Phi) is 3.35. The molecule has 19 heavy (non-hydrogen) atoms. The number of hydrogen-bond donors (Lipinski definition) is 1. The van der Waals surface area contributed by atoms with E-state index in [-0.39, 0.29) is 11.7 Å². The van der Waals surface area contributed by atoms with Gasteiger partial charge in [0.1, 0.15) is 5.75 Å². The lowest BCUT2D eigenvalue weighted by Gasteiger charge is -2.25. The molecule has 1 aromatic carbocycles. The first-order valence-corrected chi connectivity index (χ1v) is 6.51. The molecule has 1 aliphatic rings. The first-order chi connectivity index (χ1) is 8.85. The molecule has 1 heterocycles. The summed E-state index contributed by atoms with van der Waals surface area (Å²) in [5, 5.41) is 2.76. The molecule has 4 heteroatoms. The number of Topliss-reactive ketones (excluding diaryl/α,β-unsaturated/α-hetero) is 1. The van der Waals surface area contributed by atoms with Crippen LogP contribution in [0.3, 0.4) is 0 Å². The van der Waals surface area contributed by atoms with Crippen LogP contribution < -0.4 is 10.1 Å². The fraction of sp³-hybridized carbons (Fsp3) is 0.467. The summed E-state index contributed by atoms with van der Waals surface area (Å²) in [6, 6.07) is 5.19. The number of rotatable bonds is 3. The number of anilines is 1. The van der Waals surface area contributed by atoms with Crippen LogP contribution in [0.4, 0.5) is 5.69 Å². The molecule has 0 radical (unpaired) electrons. The Bertz CT molecular complexity index is 534. The first-order valence-electron chi connectivity index (χ1n) is 6.51. The van der Waals surface area contributed by atoms with Gasteiger partial charge >= 0.3 is 0 Å². The molecule has 0 saturated carbocycles. The van der Waals surface area contributed by atoms with Gasteiger partial charge in [-0.2, -0.15) is 0 Å². The van der Waals surface area contributed by atoms with Crippen LogP contribution in [0.15, 0.2) is 18.2 Å². The highest BCUT2D eigenvalue weighted by molar-refractivity contribution is 6.03. The van der Waals surface area contributed by atoms with Crippen molar-refractivity contribution in [1.29, 1.82) is 0 Å². The third-order valence-corrected chi connectivity index (χ3v) is 3.67. The fourth-order valence-electron chi connectivity index (χ4n) is 1.90. The number of amides is 1. The van der Waals surface area contributed by atoms with E-state index in [0.717, 1.165) is 6.42 Å². The number of ether oxygens (including phenoxy) is 1. The molecule has 1 unspecified atom stereocenters. The van der Waals surface area contributed by atoms with Crippen LogP contribution >= 0.6 is 0 Å². The number of ketones is 1. The Morgan fingerprint density at radius 2 is 2.11 bits per heavy atom. The van der Waals surface area contributed by atoms with E-state index in [1.165, 1.54) is 0 Å². The Balaban J connectivity index is 2.35. The Morgan fingerprint density at radius 3 is 2.74 bits per heavy atom. The van der Waals surface area contributed by atoms with E-state index in [1.807, 2.05) is 20.8 Å². The van der Waals surface area contributed by atoms with Gasteiger partial charge in [-0.25, -0.2) is 0 Å². The maximum Gasteiger partial charge on any atom is 0.265 e. The third-order valence-electron chi connectivity index (χ3n) is 3.67. The molecule has 1 aromatic rings. The van der Waals surface area contributed by atoms with Crippen molar-refractivity contribution in [3.05, 3.63) is 23.8 Å². The van der Waals surface area contributed by atoms with E-state index in [9.17, 15) is 9.59 Å². The molecule has 1 N–H and O–H groups in total. The zero-order valence-corrected chi connectivity index (χ0v) is 11.7. The van der Waals surface area contributed by atoms with Crippen LogP contribution in [0.25, 0.3) is 0 Å². The highest BCUT2D eigenvalue weighted by Gasteiger charge is 2.29. The van der Waals surface area contributed by atoms with Crippen molar-refractivity contribution in [3.8, 4) is 5.75 Å². The van der Waals surface area contributed by atoms with Crippen LogP contribution in [0.2, 0.25) is 0 Å². The summed E-state index contributed by atoms with van der Waals surface area (Å²) in [7, 11) is 0. The summed E-state index contributed by atoms with van der Waals surface area (Å²) in [5.74, 6) is 0.496. The van der Waals surface area contributed by atoms with E-state index >= 15 is 0 Å². The van der Waals surface area contributed by atoms with Gasteiger partial charge in [-0.15, -0.1) is 0 Å². The van der Waals surface area contributed by atoms with Crippen molar-refractivity contribution in [1.82, 2.24) is 0 Å². The molecule has 0 fully saturated rings. The molecule has 1 amide bonds. The standard InChI is InChI=1S/C15H19NO3/c1-5-15(3,4)13(17)10-6-7-12-11(8-10)16-14(18)9(2)19-12/h6-9H,5H2,1-4H3,(H,16,18). The predicted octanol–water partition coefficient (Wildman–Crippen LogP) is 3.02. The molecule has 1 atom stereocenters. The van der Waals surface area contributed by atoms with E-state index in [4.69, 9.17) is 4.74 Å². The van der Waals surface area contributed by atoms with Gasteiger partial charge in [-0.1, -0.05) is 20.8 Å². The minimum absolute atomic E-state index is 0.0747. The molecule has 0 aromatic heterocycles. The van der Waals surface area contributed by atoms with Crippen molar-refractivity contribution in [2.45, 2.75) is 40.2 Å². The van der Waals surface area contributed by atoms with Gasteiger partial charge in [-0.3, -0.25) is 9.59 Å². The van der Waals surface area contributed by atoms with E-state index < -0.39 is 11.5 Å². The SMILES string of the molecule is CCC(C)(C)C(=O)c1ccc2c(c1)NC(=O)C(C)O2. The maximum absolute atomic E-state index is 12.4. The van der Waals surface area contributed by atoms with Crippen molar-refractivity contribution >= 4 is 17.4 Å². The highest BCUT2D eigenvalue weighted by Crippen LogP contribution is 2.33. The number of hydrogen-bond acceptors (Lipinski definition) is 3. The molecule has 1 aliphatic heterocycles. The second-order valence-electron chi connectivity index (χ2n) is 5.53. The summed E-state index contributed by atoms with van der Waals surface area (Å²) < 4.78 is 5.47. The zero-order chi connectivity index (χ0) is 14.2. The Labute approximate surface area is 113 Å². The van der Waals surface area contributed by atoms with Crippen molar-refractivity contribution in [3.63, 3.8) is 0 Å². The van der Waals surface area contributed by atoms with Crippen molar-refractivity contribution in [2.75, 3.05) is 5.32 Å². The molecule has 0 spiro atoms. The predicted molar refractivity (Wildman–Crippen MR) is 73.6 cm³/mol. The second-order valence-corrected chi connectivity index (χ2v) is 5.53. The van der Waals surface area contributed by atoms with Crippen molar-refractivity contribution < 1.29 is 14.3 Å². The van der Waals surface area contributed by atoms with Crippen LogP contribution in [0.5, 0.6) is 5.75 Å².